The van der Waals surface area contributed by atoms with Crippen molar-refractivity contribution in [3.63, 3.8) is 0 Å². The first-order chi connectivity index (χ1) is 12.1. The number of β-amino-alcohol motifs (C(OH)–C–C–N with tert-alkyl or cyclic N) is 1. The zero-order chi connectivity index (χ0) is 19.2. The van der Waals surface area contributed by atoms with Crippen LogP contribution in [0.3, 0.4) is 0 Å². The molecule has 5 heteroatoms. The van der Waals surface area contributed by atoms with Crippen LogP contribution in [0.4, 0.5) is 0 Å². The second-order valence-electron chi connectivity index (χ2n) is 9.98. The Morgan fingerprint density at radius 3 is 2.58 bits per heavy atom. The van der Waals surface area contributed by atoms with Gasteiger partial charge in [-0.2, -0.15) is 0 Å². The van der Waals surface area contributed by atoms with Crippen LogP contribution >= 0.6 is 0 Å². The third-order valence-electron chi connectivity index (χ3n) is 7.04. The SMILES string of the molecule is C=C(NC1CCC2CN(C)CC21)C1CC(O)CN1C(=O)C(C)C(C)(C)C. The summed E-state index contributed by atoms with van der Waals surface area (Å²) in [6.07, 6.45) is 2.60. The van der Waals surface area contributed by atoms with Crippen molar-refractivity contribution >= 4 is 5.91 Å². The molecule has 2 aliphatic heterocycles. The summed E-state index contributed by atoms with van der Waals surface area (Å²) in [7, 11) is 2.20. The zero-order valence-corrected chi connectivity index (χ0v) is 17.2. The van der Waals surface area contributed by atoms with Crippen LogP contribution in [-0.4, -0.2) is 65.7 Å². The van der Waals surface area contributed by atoms with E-state index in [4.69, 9.17) is 0 Å². The molecule has 26 heavy (non-hydrogen) atoms. The molecule has 6 atom stereocenters. The van der Waals surface area contributed by atoms with Crippen molar-refractivity contribution in [3.05, 3.63) is 12.3 Å². The van der Waals surface area contributed by atoms with E-state index in [-0.39, 0.29) is 23.3 Å². The molecule has 0 radical (unpaired) electrons. The molecule has 0 bridgehead atoms. The number of amides is 1. The van der Waals surface area contributed by atoms with E-state index in [2.05, 4.69) is 44.6 Å². The van der Waals surface area contributed by atoms with Crippen LogP contribution in [-0.2, 0) is 4.79 Å². The van der Waals surface area contributed by atoms with Crippen LogP contribution in [0.1, 0.15) is 47.0 Å². The van der Waals surface area contributed by atoms with Crippen LogP contribution in [0, 0.1) is 23.2 Å². The smallest absolute Gasteiger partial charge is 0.226 e. The van der Waals surface area contributed by atoms with E-state index in [0.29, 0.717) is 24.9 Å². The number of nitrogens with zero attached hydrogens (tertiary/aromatic N) is 2. The minimum absolute atomic E-state index is 0.0811. The van der Waals surface area contributed by atoms with Gasteiger partial charge in [-0.25, -0.2) is 0 Å². The fraction of sp³-hybridized carbons (Fsp3) is 0.857. The highest BCUT2D eigenvalue weighted by atomic mass is 16.3. The van der Waals surface area contributed by atoms with Crippen molar-refractivity contribution in [1.29, 1.82) is 0 Å². The number of rotatable bonds is 4. The van der Waals surface area contributed by atoms with Crippen LogP contribution in [0.15, 0.2) is 12.3 Å². The topological polar surface area (TPSA) is 55.8 Å². The molecule has 5 nitrogen and oxygen atoms in total. The Balaban J connectivity index is 1.66. The second kappa shape index (κ2) is 7.16. The van der Waals surface area contributed by atoms with Crippen LogP contribution in [0.2, 0.25) is 0 Å². The number of aliphatic hydroxyl groups excluding tert-OH is 1. The maximum atomic E-state index is 13.1. The largest absolute Gasteiger partial charge is 0.391 e. The second-order valence-corrected chi connectivity index (χ2v) is 9.98. The molecule has 0 aromatic carbocycles. The van der Waals surface area contributed by atoms with Gasteiger partial charge in [-0.15, -0.1) is 0 Å². The molecule has 1 saturated carbocycles. The highest BCUT2D eigenvalue weighted by molar-refractivity contribution is 5.80. The summed E-state index contributed by atoms with van der Waals surface area (Å²) >= 11 is 0. The number of hydrogen-bond donors (Lipinski definition) is 2. The van der Waals surface area contributed by atoms with Gasteiger partial charge in [0.2, 0.25) is 5.91 Å². The predicted octanol–water partition coefficient (Wildman–Crippen LogP) is 2.07. The minimum Gasteiger partial charge on any atom is -0.391 e. The first kappa shape index (κ1) is 19.7. The molecule has 6 unspecified atom stereocenters. The fourth-order valence-corrected chi connectivity index (χ4v) is 5.01. The van der Waals surface area contributed by atoms with E-state index in [1.165, 1.54) is 19.4 Å². The highest BCUT2D eigenvalue weighted by Gasteiger charge is 2.44. The van der Waals surface area contributed by atoms with Crippen molar-refractivity contribution in [2.45, 2.75) is 65.1 Å². The molecule has 3 rings (SSSR count). The van der Waals surface area contributed by atoms with Gasteiger partial charge in [0.05, 0.1) is 12.1 Å². The molecular formula is C21H37N3O2. The fourth-order valence-electron chi connectivity index (χ4n) is 5.01. The molecule has 0 spiro atoms. The normalized spacial score (nSPS) is 36.2. The number of nitrogens with one attached hydrogen (secondary N) is 1. The van der Waals surface area contributed by atoms with E-state index in [0.717, 1.165) is 18.2 Å². The molecule has 2 N–H and O–H groups in total. The third-order valence-corrected chi connectivity index (χ3v) is 7.04. The maximum Gasteiger partial charge on any atom is 0.226 e. The van der Waals surface area contributed by atoms with E-state index in [9.17, 15) is 9.90 Å². The lowest BCUT2D eigenvalue weighted by Gasteiger charge is -2.35. The van der Waals surface area contributed by atoms with Gasteiger partial charge in [-0.1, -0.05) is 34.3 Å². The average Bonchev–Trinajstić information content (AvgIpc) is 3.20. The Bertz CT molecular complexity index is 556. The van der Waals surface area contributed by atoms with Crippen molar-refractivity contribution in [2.24, 2.45) is 23.2 Å². The molecule has 0 aromatic heterocycles. The van der Waals surface area contributed by atoms with Crippen LogP contribution in [0.25, 0.3) is 0 Å². The lowest BCUT2D eigenvalue weighted by Crippen LogP contribution is -2.47. The van der Waals surface area contributed by atoms with Gasteiger partial charge in [0.15, 0.2) is 0 Å². The summed E-state index contributed by atoms with van der Waals surface area (Å²) in [5, 5.41) is 13.9. The van der Waals surface area contributed by atoms with Gasteiger partial charge in [-0.05, 0) is 37.1 Å². The lowest BCUT2D eigenvalue weighted by atomic mass is 9.81. The third kappa shape index (κ3) is 3.79. The van der Waals surface area contributed by atoms with Crippen molar-refractivity contribution in [2.75, 3.05) is 26.7 Å². The molecule has 3 fully saturated rings. The molecule has 148 valence electrons. The van der Waals surface area contributed by atoms with E-state index >= 15 is 0 Å². The Labute approximate surface area is 158 Å². The number of carbonyl (C=O) groups is 1. The molecule has 3 aliphatic rings. The lowest BCUT2D eigenvalue weighted by molar-refractivity contribution is -0.138. The van der Waals surface area contributed by atoms with E-state index in [1.54, 1.807) is 0 Å². The molecule has 1 aliphatic carbocycles. The number of carbonyl (C=O) groups excluding carboxylic acids is 1. The van der Waals surface area contributed by atoms with Crippen molar-refractivity contribution in [1.82, 2.24) is 15.1 Å². The van der Waals surface area contributed by atoms with Gasteiger partial charge in [0.1, 0.15) is 0 Å². The maximum absolute atomic E-state index is 13.1. The number of fused-ring (bicyclic) bond motifs is 1. The Hall–Kier alpha value is -1.07. The van der Waals surface area contributed by atoms with E-state index < -0.39 is 6.10 Å². The van der Waals surface area contributed by atoms with Gasteiger partial charge in [0, 0.05) is 43.7 Å². The summed E-state index contributed by atoms with van der Waals surface area (Å²) in [6.45, 7) is 15.3. The first-order valence-electron chi connectivity index (χ1n) is 10.2. The summed E-state index contributed by atoms with van der Waals surface area (Å²) in [5.41, 5.74) is 0.827. The Morgan fingerprint density at radius 2 is 1.92 bits per heavy atom. The summed E-state index contributed by atoms with van der Waals surface area (Å²) in [6, 6.07) is 0.354. The molecule has 2 saturated heterocycles. The first-order valence-corrected chi connectivity index (χ1v) is 10.2. The number of aliphatic hydroxyl groups is 1. The Morgan fingerprint density at radius 1 is 1.23 bits per heavy atom. The van der Waals surface area contributed by atoms with Crippen LogP contribution in [0.5, 0.6) is 0 Å². The molecule has 1 amide bonds. The van der Waals surface area contributed by atoms with Crippen LogP contribution < -0.4 is 5.32 Å². The van der Waals surface area contributed by atoms with Crippen molar-refractivity contribution < 1.29 is 9.90 Å². The quantitative estimate of drug-likeness (QED) is 0.803. The Kier molecular flexibility index (Phi) is 5.42. The zero-order valence-electron chi connectivity index (χ0n) is 17.2. The number of hydrogen-bond acceptors (Lipinski definition) is 4. The summed E-state index contributed by atoms with van der Waals surface area (Å²) < 4.78 is 0. The summed E-state index contributed by atoms with van der Waals surface area (Å²) in [4.78, 5) is 17.3. The minimum atomic E-state index is -0.455. The monoisotopic (exact) mass is 363 g/mol. The standard InChI is InChI=1S/C21H37N3O2/c1-13(21(3,4)5)20(26)24-11-16(25)9-19(24)14(2)22-18-8-7-15-10-23(6)12-17(15)18/h13,15-19,22,25H,2,7-12H2,1,3-6H3. The average molecular weight is 364 g/mol. The molecule has 0 aromatic rings. The number of likely N-dealkylation sites (tertiary alicyclic amines) is 2. The molecular weight excluding hydrogens is 326 g/mol. The van der Waals surface area contributed by atoms with Crippen molar-refractivity contribution in [3.8, 4) is 0 Å². The van der Waals surface area contributed by atoms with E-state index in [1.807, 2.05) is 11.8 Å². The van der Waals surface area contributed by atoms with Gasteiger partial charge in [-0.3, -0.25) is 4.79 Å². The molecule has 2 heterocycles. The van der Waals surface area contributed by atoms with Gasteiger partial charge in [0.25, 0.3) is 0 Å². The van der Waals surface area contributed by atoms with Gasteiger partial charge < -0.3 is 20.2 Å². The summed E-state index contributed by atoms with van der Waals surface area (Å²) in [5.74, 6) is 1.52. The predicted molar refractivity (Wildman–Crippen MR) is 105 cm³/mol. The highest BCUT2D eigenvalue weighted by Crippen LogP contribution is 2.38. The van der Waals surface area contributed by atoms with Gasteiger partial charge >= 0.3 is 0 Å².